The Balaban J connectivity index is 0.000000185. The lowest BCUT2D eigenvalue weighted by molar-refractivity contribution is -0.192. The highest BCUT2D eigenvalue weighted by Gasteiger charge is 2.38. The number of halogens is 3. The van der Waals surface area contributed by atoms with E-state index in [2.05, 4.69) is 15.5 Å². The molecule has 6 nitrogen and oxygen atoms in total. The average molecular weight is 252 g/mol. The van der Waals surface area contributed by atoms with Crippen molar-refractivity contribution in [2.45, 2.75) is 12.7 Å². The first-order valence-corrected chi connectivity index (χ1v) is 4.74. The number of hydrogen-bond donors (Lipinski definition) is 2. The number of carbonyl (C=O) groups is 1. The molecular weight excluding hydrogens is 241 g/mol. The van der Waals surface area contributed by atoms with Crippen molar-refractivity contribution in [3.63, 3.8) is 0 Å². The van der Waals surface area contributed by atoms with Gasteiger partial charge in [-0.3, -0.25) is 0 Å². The molecule has 96 valence electrons. The zero-order valence-electron chi connectivity index (χ0n) is 8.68. The smallest absolute Gasteiger partial charge is 0.475 e. The number of alkyl halides is 3. The van der Waals surface area contributed by atoms with Crippen LogP contribution in [0, 0.1) is 5.92 Å². The van der Waals surface area contributed by atoms with Crippen molar-refractivity contribution in [3.8, 4) is 0 Å². The minimum atomic E-state index is -5.08. The highest BCUT2D eigenvalue weighted by atomic mass is 19.4. The number of aliphatic carboxylic acids is 1. The lowest BCUT2D eigenvalue weighted by Crippen LogP contribution is -2.44. The van der Waals surface area contributed by atoms with Crippen LogP contribution in [0.15, 0.2) is 12.4 Å². The topological polar surface area (TPSA) is 80.0 Å². The Labute approximate surface area is 94.4 Å². The number of aromatic nitrogens is 3. The fourth-order valence-electron chi connectivity index (χ4n) is 1.05. The molecule has 1 fully saturated rings. The fraction of sp³-hybridized carbons (Fsp3) is 0.625. The predicted molar refractivity (Wildman–Crippen MR) is 50.1 cm³/mol. The molecule has 0 aromatic carbocycles. The summed E-state index contributed by atoms with van der Waals surface area (Å²) in [6.07, 6.45) is -1.65. The molecule has 1 aromatic heterocycles. The Morgan fingerprint density at radius 2 is 1.88 bits per heavy atom. The van der Waals surface area contributed by atoms with Gasteiger partial charge in [-0.2, -0.15) is 28.2 Å². The van der Waals surface area contributed by atoms with Gasteiger partial charge in [-0.25, -0.2) is 4.79 Å². The summed E-state index contributed by atoms with van der Waals surface area (Å²) in [5.41, 5.74) is 0. The average Bonchev–Trinajstić information content (AvgIpc) is 2.63. The van der Waals surface area contributed by atoms with Crippen LogP contribution >= 0.6 is 0 Å². The summed E-state index contributed by atoms with van der Waals surface area (Å²) in [4.78, 5) is 10.6. The zero-order valence-corrected chi connectivity index (χ0v) is 8.68. The molecule has 0 bridgehead atoms. The number of hydrogen-bond acceptors (Lipinski definition) is 4. The van der Waals surface area contributed by atoms with Gasteiger partial charge in [-0.1, -0.05) is 0 Å². The van der Waals surface area contributed by atoms with Crippen molar-refractivity contribution < 1.29 is 23.1 Å². The van der Waals surface area contributed by atoms with Crippen molar-refractivity contribution in [2.24, 2.45) is 5.92 Å². The molecule has 0 spiro atoms. The maximum Gasteiger partial charge on any atom is 0.490 e. The standard InChI is InChI=1S/C6H10N4.C2HF3O2/c1-2-9-10(8-1)5-6-3-7-4-6;3-2(4,5)1(6)7/h1-2,6-7H,3-5H2;(H,6,7). The molecule has 0 saturated carbocycles. The molecule has 2 rings (SSSR count). The van der Waals surface area contributed by atoms with Gasteiger partial charge in [0.1, 0.15) is 0 Å². The van der Waals surface area contributed by atoms with Gasteiger partial charge in [0, 0.05) is 19.0 Å². The summed E-state index contributed by atoms with van der Waals surface area (Å²) in [6, 6.07) is 0. The van der Waals surface area contributed by atoms with E-state index < -0.39 is 12.1 Å². The van der Waals surface area contributed by atoms with Crippen LogP contribution in [0.2, 0.25) is 0 Å². The van der Waals surface area contributed by atoms with E-state index in [1.165, 1.54) is 0 Å². The van der Waals surface area contributed by atoms with Crippen LogP contribution in [0.1, 0.15) is 0 Å². The molecule has 1 saturated heterocycles. The Bertz CT molecular complexity index is 348. The van der Waals surface area contributed by atoms with E-state index in [4.69, 9.17) is 9.90 Å². The van der Waals surface area contributed by atoms with Gasteiger partial charge in [0.25, 0.3) is 0 Å². The molecule has 1 aliphatic heterocycles. The molecule has 2 heterocycles. The molecule has 1 aliphatic rings. The molecule has 0 aliphatic carbocycles. The van der Waals surface area contributed by atoms with Crippen molar-refractivity contribution >= 4 is 5.97 Å². The Hall–Kier alpha value is -1.64. The van der Waals surface area contributed by atoms with Gasteiger partial charge >= 0.3 is 12.1 Å². The summed E-state index contributed by atoms with van der Waals surface area (Å²) in [7, 11) is 0. The SMILES string of the molecule is O=C(O)C(F)(F)F.c1cnn(CC2CNC2)n1. The Morgan fingerprint density at radius 1 is 1.41 bits per heavy atom. The zero-order chi connectivity index (χ0) is 12.9. The van der Waals surface area contributed by atoms with Crippen LogP contribution in [0.4, 0.5) is 13.2 Å². The van der Waals surface area contributed by atoms with E-state index in [9.17, 15) is 13.2 Å². The van der Waals surface area contributed by atoms with Crippen LogP contribution in [0.5, 0.6) is 0 Å². The molecule has 2 N–H and O–H groups in total. The molecule has 17 heavy (non-hydrogen) atoms. The van der Waals surface area contributed by atoms with Gasteiger partial charge in [0.15, 0.2) is 0 Å². The van der Waals surface area contributed by atoms with Crippen molar-refractivity contribution in [1.82, 2.24) is 20.3 Å². The second kappa shape index (κ2) is 5.62. The molecule has 0 unspecified atom stereocenters. The van der Waals surface area contributed by atoms with Crippen molar-refractivity contribution in [2.75, 3.05) is 13.1 Å². The van der Waals surface area contributed by atoms with Gasteiger partial charge in [-0.05, 0) is 0 Å². The summed E-state index contributed by atoms with van der Waals surface area (Å²) in [6.45, 7) is 3.18. The van der Waals surface area contributed by atoms with Crippen LogP contribution in [-0.2, 0) is 11.3 Å². The molecule has 1 aromatic rings. The highest BCUT2D eigenvalue weighted by Crippen LogP contribution is 2.13. The first-order chi connectivity index (χ1) is 7.89. The number of nitrogens with zero attached hydrogens (tertiary/aromatic N) is 3. The first-order valence-electron chi connectivity index (χ1n) is 4.74. The molecular formula is C8H11F3N4O2. The highest BCUT2D eigenvalue weighted by molar-refractivity contribution is 5.73. The minimum absolute atomic E-state index is 0.743. The normalized spacial score (nSPS) is 15.7. The number of carboxylic acids is 1. The van der Waals surface area contributed by atoms with E-state index in [-0.39, 0.29) is 0 Å². The maximum atomic E-state index is 10.6. The number of rotatable bonds is 2. The molecule has 9 heteroatoms. The first kappa shape index (κ1) is 13.4. The summed E-state index contributed by atoms with van der Waals surface area (Å²) in [5.74, 6) is -2.01. The molecule has 0 radical (unpaired) electrons. The second-order valence-electron chi connectivity index (χ2n) is 3.41. The Kier molecular flexibility index (Phi) is 4.44. The third kappa shape index (κ3) is 4.81. The van der Waals surface area contributed by atoms with Crippen LogP contribution in [0.25, 0.3) is 0 Å². The largest absolute Gasteiger partial charge is 0.490 e. The van der Waals surface area contributed by atoms with Crippen molar-refractivity contribution in [3.05, 3.63) is 12.4 Å². The van der Waals surface area contributed by atoms with E-state index in [1.54, 1.807) is 17.2 Å². The number of nitrogens with one attached hydrogen (secondary N) is 1. The summed E-state index contributed by atoms with van der Waals surface area (Å²) < 4.78 is 31.7. The van der Waals surface area contributed by atoms with Crippen LogP contribution < -0.4 is 5.32 Å². The van der Waals surface area contributed by atoms with Crippen LogP contribution in [0.3, 0.4) is 0 Å². The Morgan fingerprint density at radius 3 is 2.18 bits per heavy atom. The van der Waals surface area contributed by atoms with Gasteiger partial charge in [0.2, 0.25) is 0 Å². The predicted octanol–water partition coefficient (Wildman–Crippen LogP) is 0.131. The van der Waals surface area contributed by atoms with E-state index in [1.807, 2.05) is 0 Å². The number of carboxylic acid groups (broad SMARTS) is 1. The summed E-state index contributed by atoms with van der Waals surface area (Å²) in [5, 5.41) is 18.4. The van der Waals surface area contributed by atoms with Crippen LogP contribution in [-0.4, -0.2) is 45.3 Å². The van der Waals surface area contributed by atoms with Gasteiger partial charge < -0.3 is 10.4 Å². The lowest BCUT2D eigenvalue weighted by atomic mass is 10.0. The third-order valence-corrected chi connectivity index (χ3v) is 2.00. The second-order valence-corrected chi connectivity index (χ2v) is 3.41. The minimum Gasteiger partial charge on any atom is -0.475 e. The monoisotopic (exact) mass is 252 g/mol. The van der Waals surface area contributed by atoms with Gasteiger partial charge in [0.05, 0.1) is 18.9 Å². The summed E-state index contributed by atoms with van der Waals surface area (Å²) >= 11 is 0. The van der Waals surface area contributed by atoms with E-state index in [0.29, 0.717) is 0 Å². The van der Waals surface area contributed by atoms with E-state index >= 15 is 0 Å². The third-order valence-electron chi connectivity index (χ3n) is 2.00. The molecule has 0 atom stereocenters. The fourth-order valence-corrected chi connectivity index (χ4v) is 1.05. The maximum absolute atomic E-state index is 10.6. The van der Waals surface area contributed by atoms with E-state index in [0.717, 1.165) is 25.6 Å². The lowest BCUT2D eigenvalue weighted by Gasteiger charge is -2.25. The van der Waals surface area contributed by atoms with Gasteiger partial charge in [-0.15, -0.1) is 0 Å². The van der Waals surface area contributed by atoms with Crippen molar-refractivity contribution in [1.29, 1.82) is 0 Å². The molecule has 0 amide bonds. The quantitative estimate of drug-likeness (QED) is 0.782.